The first-order valence-corrected chi connectivity index (χ1v) is 8.77. The Labute approximate surface area is 139 Å². The highest BCUT2D eigenvalue weighted by Crippen LogP contribution is 2.17. The van der Waals surface area contributed by atoms with Crippen LogP contribution >= 0.6 is 11.8 Å². The van der Waals surface area contributed by atoms with Crippen LogP contribution in [0.25, 0.3) is 0 Å². The second-order valence-electron chi connectivity index (χ2n) is 5.36. The Morgan fingerprint density at radius 2 is 2.48 bits per heavy atom. The van der Waals surface area contributed by atoms with Gasteiger partial charge in [0.05, 0.1) is 29.6 Å². The van der Waals surface area contributed by atoms with Gasteiger partial charge in [0.15, 0.2) is 0 Å². The molecule has 1 saturated heterocycles. The van der Waals surface area contributed by atoms with Crippen molar-refractivity contribution in [1.29, 1.82) is 0 Å². The summed E-state index contributed by atoms with van der Waals surface area (Å²) in [5, 5.41) is 8.01. The molecule has 122 valence electrons. The largest absolute Gasteiger partial charge is 0.376 e. The number of aromatic nitrogens is 3. The van der Waals surface area contributed by atoms with E-state index in [0.717, 1.165) is 36.8 Å². The molecule has 0 spiro atoms. The number of amides is 1. The standard InChI is InChI=1S/C16H20N4O2S/c1-2-23-15-8-12(5-6-17-15)16(21)19-13-9-18-20(10-13)11-14-4-3-7-22-14/h5-6,8-10,14H,2-4,7,11H2,1H3,(H,19,21)/t14-/m1/s1. The smallest absolute Gasteiger partial charge is 0.255 e. The van der Waals surface area contributed by atoms with Crippen molar-refractivity contribution in [2.75, 3.05) is 17.7 Å². The Kier molecular flexibility index (Phi) is 5.30. The number of ether oxygens (including phenoxy) is 1. The number of hydrogen-bond donors (Lipinski definition) is 1. The van der Waals surface area contributed by atoms with Gasteiger partial charge in [0.1, 0.15) is 0 Å². The van der Waals surface area contributed by atoms with Crippen molar-refractivity contribution in [3.63, 3.8) is 0 Å². The lowest BCUT2D eigenvalue weighted by Gasteiger charge is -2.08. The van der Waals surface area contributed by atoms with E-state index in [0.29, 0.717) is 11.3 Å². The summed E-state index contributed by atoms with van der Waals surface area (Å²) in [6, 6.07) is 3.52. The third-order valence-electron chi connectivity index (χ3n) is 3.60. The van der Waals surface area contributed by atoms with E-state index < -0.39 is 0 Å². The molecule has 3 rings (SSSR count). The van der Waals surface area contributed by atoms with Crippen LogP contribution in [0.15, 0.2) is 35.7 Å². The van der Waals surface area contributed by atoms with Crippen molar-refractivity contribution in [1.82, 2.24) is 14.8 Å². The predicted octanol–water partition coefficient (Wildman–Crippen LogP) is 2.82. The average Bonchev–Trinajstić information content (AvgIpc) is 3.21. The van der Waals surface area contributed by atoms with Crippen LogP contribution in [-0.4, -0.2) is 39.1 Å². The van der Waals surface area contributed by atoms with Crippen LogP contribution < -0.4 is 5.32 Å². The highest BCUT2D eigenvalue weighted by Gasteiger charge is 2.16. The third kappa shape index (κ3) is 4.33. The summed E-state index contributed by atoms with van der Waals surface area (Å²) in [6.45, 7) is 3.61. The molecule has 0 aromatic carbocycles. The van der Waals surface area contributed by atoms with Crippen LogP contribution in [0.2, 0.25) is 0 Å². The van der Waals surface area contributed by atoms with Gasteiger partial charge in [0.2, 0.25) is 0 Å². The lowest BCUT2D eigenvalue weighted by atomic mass is 10.2. The van der Waals surface area contributed by atoms with Crippen molar-refractivity contribution in [2.45, 2.75) is 37.4 Å². The molecular weight excluding hydrogens is 312 g/mol. The normalized spacial score (nSPS) is 17.3. The Morgan fingerprint density at radius 3 is 3.26 bits per heavy atom. The van der Waals surface area contributed by atoms with Crippen molar-refractivity contribution in [3.05, 3.63) is 36.3 Å². The zero-order chi connectivity index (χ0) is 16.1. The number of pyridine rings is 1. The molecular formula is C16H20N4O2S. The number of thioether (sulfide) groups is 1. The fourth-order valence-electron chi connectivity index (χ4n) is 2.51. The Morgan fingerprint density at radius 1 is 1.57 bits per heavy atom. The lowest BCUT2D eigenvalue weighted by molar-refractivity contribution is 0.0940. The summed E-state index contributed by atoms with van der Waals surface area (Å²) in [6.07, 6.45) is 7.56. The topological polar surface area (TPSA) is 69.0 Å². The van der Waals surface area contributed by atoms with Crippen molar-refractivity contribution in [2.24, 2.45) is 0 Å². The maximum absolute atomic E-state index is 12.3. The average molecular weight is 332 g/mol. The molecule has 1 fully saturated rings. The summed E-state index contributed by atoms with van der Waals surface area (Å²) in [5.74, 6) is 0.774. The van der Waals surface area contributed by atoms with Gasteiger partial charge in [-0.05, 0) is 30.7 Å². The van der Waals surface area contributed by atoms with Crippen LogP contribution in [0.1, 0.15) is 30.1 Å². The number of anilines is 1. The molecule has 0 bridgehead atoms. The molecule has 6 nitrogen and oxygen atoms in total. The zero-order valence-corrected chi connectivity index (χ0v) is 13.9. The van der Waals surface area contributed by atoms with Crippen LogP contribution in [0.5, 0.6) is 0 Å². The van der Waals surface area contributed by atoms with Crippen LogP contribution in [0.4, 0.5) is 5.69 Å². The van der Waals surface area contributed by atoms with Crippen molar-refractivity contribution in [3.8, 4) is 0 Å². The van der Waals surface area contributed by atoms with Gasteiger partial charge in [-0.15, -0.1) is 11.8 Å². The van der Waals surface area contributed by atoms with Gasteiger partial charge in [-0.25, -0.2) is 4.98 Å². The first-order chi connectivity index (χ1) is 11.2. The quantitative estimate of drug-likeness (QED) is 0.824. The Hall–Kier alpha value is -1.86. The molecule has 2 aromatic rings. The van der Waals surface area contributed by atoms with Gasteiger partial charge in [-0.1, -0.05) is 6.92 Å². The molecule has 1 atom stereocenters. The first kappa shape index (κ1) is 16.0. The summed E-state index contributed by atoms with van der Waals surface area (Å²) in [4.78, 5) is 16.5. The number of carbonyl (C=O) groups excluding carboxylic acids is 1. The van der Waals surface area contributed by atoms with Crippen LogP contribution in [-0.2, 0) is 11.3 Å². The first-order valence-electron chi connectivity index (χ1n) is 7.79. The fourth-order valence-corrected chi connectivity index (χ4v) is 3.15. The maximum Gasteiger partial charge on any atom is 0.255 e. The molecule has 7 heteroatoms. The van der Waals surface area contributed by atoms with E-state index in [9.17, 15) is 4.79 Å². The Bertz CT molecular complexity index is 668. The minimum atomic E-state index is -0.151. The number of carbonyl (C=O) groups is 1. The molecule has 1 amide bonds. The third-order valence-corrected chi connectivity index (χ3v) is 4.40. The second-order valence-corrected chi connectivity index (χ2v) is 6.64. The van der Waals surface area contributed by atoms with E-state index in [4.69, 9.17) is 4.74 Å². The fraction of sp³-hybridized carbons (Fsp3) is 0.438. The minimum absolute atomic E-state index is 0.151. The molecule has 23 heavy (non-hydrogen) atoms. The lowest BCUT2D eigenvalue weighted by Crippen LogP contribution is -2.15. The van der Waals surface area contributed by atoms with Crippen LogP contribution in [0, 0.1) is 0 Å². The second kappa shape index (κ2) is 7.61. The van der Waals surface area contributed by atoms with E-state index in [1.807, 2.05) is 10.9 Å². The molecule has 1 aliphatic rings. The number of nitrogens with zero attached hydrogens (tertiary/aromatic N) is 3. The monoisotopic (exact) mass is 332 g/mol. The SMILES string of the molecule is CCSc1cc(C(=O)Nc2cnn(C[C@H]3CCCO3)c2)ccn1. The number of nitrogens with one attached hydrogen (secondary N) is 1. The highest BCUT2D eigenvalue weighted by atomic mass is 32.2. The van der Waals surface area contributed by atoms with E-state index >= 15 is 0 Å². The number of rotatable bonds is 6. The molecule has 3 heterocycles. The molecule has 0 radical (unpaired) electrons. The van der Waals surface area contributed by atoms with Gasteiger partial charge in [-0.3, -0.25) is 9.48 Å². The van der Waals surface area contributed by atoms with Gasteiger partial charge in [0, 0.05) is 24.6 Å². The molecule has 2 aromatic heterocycles. The molecule has 1 aliphatic heterocycles. The van der Waals surface area contributed by atoms with Crippen molar-refractivity contribution >= 4 is 23.4 Å². The van der Waals surface area contributed by atoms with Gasteiger partial charge < -0.3 is 10.1 Å². The van der Waals surface area contributed by atoms with E-state index in [1.54, 1.807) is 36.3 Å². The summed E-state index contributed by atoms with van der Waals surface area (Å²) in [7, 11) is 0. The summed E-state index contributed by atoms with van der Waals surface area (Å²) < 4.78 is 7.41. The van der Waals surface area contributed by atoms with E-state index in [-0.39, 0.29) is 12.0 Å². The summed E-state index contributed by atoms with van der Waals surface area (Å²) in [5.41, 5.74) is 1.29. The predicted molar refractivity (Wildman–Crippen MR) is 89.8 cm³/mol. The summed E-state index contributed by atoms with van der Waals surface area (Å²) >= 11 is 1.61. The highest BCUT2D eigenvalue weighted by molar-refractivity contribution is 7.99. The molecule has 0 aliphatic carbocycles. The molecule has 1 N–H and O–H groups in total. The van der Waals surface area contributed by atoms with Gasteiger partial charge >= 0.3 is 0 Å². The van der Waals surface area contributed by atoms with Crippen molar-refractivity contribution < 1.29 is 9.53 Å². The number of hydrogen-bond acceptors (Lipinski definition) is 5. The maximum atomic E-state index is 12.3. The van der Waals surface area contributed by atoms with E-state index in [2.05, 4.69) is 22.3 Å². The van der Waals surface area contributed by atoms with Gasteiger partial charge in [-0.2, -0.15) is 5.10 Å². The molecule has 0 unspecified atom stereocenters. The zero-order valence-electron chi connectivity index (χ0n) is 13.1. The van der Waals surface area contributed by atoms with E-state index in [1.165, 1.54) is 0 Å². The minimum Gasteiger partial charge on any atom is -0.376 e. The van der Waals surface area contributed by atoms with Gasteiger partial charge in [0.25, 0.3) is 5.91 Å². The molecule has 0 saturated carbocycles. The van der Waals surface area contributed by atoms with Crippen LogP contribution in [0.3, 0.4) is 0 Å². The Balaban J connectivity index is 1.61.